The number of rotatable bonds is 54. The molecule has 0 spiro atoms. The Kier molecular flexibility index (Phi) is 55.3. The second kappa shape index (κ2) is 57.7. The van der Waals surface area contributed by atoms with Crippen molar-refractivity contribution in [3.8, 4) is 0 Å². The third-order valence-electron chi connectivity index (χ3n) is 13.0. The van der Waals surface area contributed by atoms with Crippen molar-refractivity contribution in [3.63, 3.8) is 0 Å². The summed E-state index contributed by atoms with van der Waals surface area (Å²) in [6.45, 7) is 6.54. The number of ether oxygens (including phenoxy) is 3. The van der Waals surface area contributed by atoms with Gasteiger partial charge in [0.1, 0.15) is 13.2 Å². The Labute approximate surface area is 428 Å². The van der Waals surface area contributed by atoms with Crippen LogP contribution in [0.15, 0.2) is 60.8 Å². The van der Waals surface area contributed by atoms with Gasteiger partial charge < -0.3 is 14.2 Å². The van der Waals surface area contributed by atoms with Gasteiger partial charge in [0.15, 0.2) is 6.10 Å². The minimum absolute atomic E-state index is 0.0794. The molecule has 69 heavy (non-hydrogen) atoms. The molecule has 0 N–H and O–H groups in total. The molecule has 1 atom stereocenters. The Morgan fingerprint density at radius 3 is 0.971 bits per heavy atom. The fraction of sp³-hybridized carbons (Fsp3) is 0.794. The van der Waals surface area contributed by atoms with Gasteiger partial charge in [0.05, 0.1) is 0 Å². The number of esters is 3. The number of carbonyl (C=O) groups is 3. The maximum Gasteiger partial charge on any atom is 0.306 e. The van der Waals surface area contributed by atoms with E-state index in [-0.39, 0.29) is 31.1 Å². The standard InChI is InChI=1S/C63H112O6/c1-4-7-10-13-16-19-22-25-28-30-32-34-35-38-41-44-47-50-53-56-62(65)68-59-60(58-67-61(64)55-52-49-46-43-40-37-27-24-21-18-15-12-9-6-3)69-63(66)57-54-51-48-45-42-39-36-33-31-29-26-23-20-17-14-11-8-5-2/h7,10,16,19,25,28-29,31,33,36,60H,4-6,8-9,11-15,17-18,20-24,26-27,30,32,34-35,37-59H2,1-3H3/b10-7-,19-16-,28-25-,31-29-,36-33-. The van der Waals surface area contributed by atoms with Crippen LogP contribution in [0.2, 0.25) is 0 Å². The lowest BCUT2D eigenvalue weighted by molar-refractivity contribution is -0.167. The zero-order valence-corrected chi connectivity index (χ0v) is 45.8. The zero-order valence-electron chi connectivity index (χ0n) is 45.8. The first-order valence-electron chi connectivity index (χ1n) is 29.8. The smallest absolute Gasteiger partial charge is 0.306 e. The van der Waals surface area contributed by atoms with E-state index in [4.69, 9.17) is 14.2 Å². The highest BCUT2D eigenvalue weighted by atomic mass is 16.6. The molecule has 0 amide bonds. The van der Waals surface area contributed by atoms with Crippen LogP contribution in [0.4, 0.5) is 0 Å². The Balaban J connectivity index is 4.38. The summed E-state index contributed by atoms with van der Waals surface area (Å²) in [5.41, 5.74) is 0. The quantitative estimate of drug-likeness (QED) is 0.0199. The summed E-state index contributed by atoms with van der Waals surface area (Å²) >= 11 is 0. The Bertz CT molecular complexity index is 1250. The first-order valence-corrected chi connectivity index (χ1v) is 29.8. The van der Waals surface area contributed by atoms with Crippen molar-refractivity contribution < 1.29 is 28.6 Å². The van der Waals surface area contributed by atoms with E-state index in [1.165, 1.54) is 167 Å². The molecule has 0 saturated heterocycles. The van der Waals surface area contributed by atoms with E-state index in [2.05, 4.69) is 81.5 Å². The molecule has 0 aromatic heterocycles. The Morgan fingerprint density at radius 2 is 0.609 bits per heavy atom. The summed E-state index contributed by atoms with van der Waals surface area (Å²) in [5, 5.41) is 0. The summed E-state index contributed by atoms with van der Waals surface area (Å²) in [5.74, 6) is -0.886. The minimum Gasteiger partial charge on any atom is -0.462 e. The van der Waals surface area contributed by atoms with Gasteiger partial charge in [-0.2, -0.15) is 0 Å². The van der Waals surface area contributed by atoms with Crippen LogP contribution in [-0.4, -0.2) is 37.2 Å². The molecule has 0 aliphatic carbocycles. The fourth-order valence-electron chi connectivity index (χ4n) is 8.57. The fourth-order valence-corrected chi connectivity index (χ4v) is 8.57. The molecule has 6 heteroatoms. The topological polar surface area (TPSA) is 78.9 Å². The van der Waals surface area contributed by atoms with Gasteiger partial charge in [0, 0.05) is 19.3 Å². The van der Waals surface area contributed by atoms with Crippen molar-refractivity contribution in [2.24, 2.45) is 0 Å². The highest BCUT2D eigenvalue weighted by Gasteiger charge is 2.19. The van der Waals surface area contributed by atoms with Gasteiger partial charge in [0.2, 0.25) is 0 Å². The van der Waals surface area contributed by atoms with Crippen molar-refractivity contribution >= 4 is 17.9 Å². The van der Waals surface area contributed by atoms with Crippen molar-refractivity contribution in [2.45, 2.75) is 309 Å². The number of carbonyl (C=O) groups excluding carboxylic acids is 3. The lowest BCUT2D eigenvalue weighted by Crippen LogP contribution is -2.30. The lowest BCUT2D eigenvalue weighted by Gasteiger charge is -2.18. The molecular formula is C63H112O6. The van der Waals surface area contributed by atoms with Crippen LogP contribution in [0, 0.1) is 0 Å². The van der Waals surface area contributed by atoms with Gasteiger partial charge in [-0.3, -0.25) is 14.4 Å². The van der Waals surface area contributed by atoms with Crippen LogP contribution in [-0.2, 0) is 28.6 Å². The summed E-state index contributed by atoms with van der Waals surface area (Å²) in [7, 11) is 0. The highest BCUT2D eigenvalue weighted by Crippen LogP contribution is 2.16. The summed E-state index contributed by atoms with van der Waals surface area (Å²) in [6, 6.07) is 0. The molecule has 0 aliphatic rings. The predicted molar refractivity (Wildman–Crippen MR) is 298 cm³/mol. The van der Waals surface area contributed by atoms with E-state index in [1.54, 1.807) is 0 Å². The predicted octanol–water partition coefficient (Wildman–Crippen LogP) is 20.0. The van der Waals surface area contributed by atoms with E-state index in [0.29, 0.717) is 19.3 Å². The van der Waals surface area contributed by atoms with E-state index in [9.17, 15) is 14.4 Å². The molecule has 400 valence electrons. The normalized spacial score (nSPS) is 12.4. The molecule has 0 fully saturated rings. The SMILES string of the molecule is CC/C=C\C/C=C\C/C=C\CCCCCCCCCCCC(=O)OCC(COC(=O)CCCCCCCCCCCCCCCC)OC(=O)CCCCCCC/C=C\C=C/CCCCCCCCC. The summed E-state index contributed by atoms with van der Waals surface area (Å²) < 4.78 is 16.9. The van der Waals surface area contributed by atoms with Crippen LogP contribution in [0.5, 0.6) is 0 Å². The van der Waals surface area contributed by atoms with Crippen molar-refractivity contribution in [3.05, 3.63) is 60.8 Å². The monoisotopic (exact) mass is 965 g/mol. The molecule has 0 aromatic rings. The Morgan fingerprint density at radius 1 is 0.319 bits per heavy atom. The van der Waals surface area contributed by atoms with Gasteiger partial charge >= 0.3 is 17.9 Å². The van der Waals surface area contributed by atoms with Crippen LogP contribution < -0.4 is 0 Å². The summed E-state index contributed by atoms with van der Waals surface area (Å²) in [6.07, 6.45) is 72.1. The number of hydrogen-bond acceptors (Lipinski definition) is 6. The number of allylic oxidation sites excluding steroid dienone is 10. The molecule has 0 aliphatic heterocycles. The molecule has 1 unspecified atom stereocenters. The third-order valence-corrected chi connectivity index (χ3v) is 13.0. The molecule has 0 saturated carbocycles. The van der Waals surface area contributed by atoms with Crippen LogP contribution in [0.25, 0.3) is 0 Å². The third kappa shape index (κ3) is 55.9. The largest absolute Gasteiger partial charge is 0.462 e. The second-order valence-electron chi connectivity index (χ2n) is 19.9. The molecule has 0 radical (unpaired) electrons. The van der Waals surface area contributed by atoms with E-state index in [1.807, 2.05) is 0 Å². The molecule has 6 nitrogen and oxygen atoms in total. The maximum absolute atomic E-state index is 12.9. The maximum atomic E-state index is 12.9. The van der Waals surface area contributed by atoms with Gasteiger partial charge in [-0.15, -0.1) is 0 Å². The minimum atomic E-state index is -0.783. The number of hydrogen-bond donors (Lipinski definition) is 0. The van der Waals surface area contributed by atoms with Crippen molar-refractivity contribution in [1.29, 1.82) is 0 Å². The van der Waals surface area contributed by atoms with Crippen LogP contribution in [0.3, 0.4) is 0 Å². The molecule has 0 heterocycles. The van der Waals surface area contributed by atoms with E-state index < -0.39 is 6.10 Å². The van der Waals surface area contributed by atoms with Crippen molar-refractivity contribution in [1.82, 2.24) is 0 Å². The zero-order chi connectivity index (χ0) is 50.0. The van der Waals surface area contributed by atoms with Crippen molar-refractivity contribution in [2.75, 3.05) is 13.2 Å². The first-order chi connectivity index (χ1) is 34.0. The molecule has 0 bridgehead atoms. The van der Waals surface area contributed by atoms with E-state index >= 15 is 0 Å². The van der Waals surface area contributed by atoms with Gasteiger partial charge in [0.25, 0.3) is 0 Å². The Hall–Kier alpha value is -2.89. The van der Waals surface area contributed by atoms with Gasteiger partial charge in [-0.1, -0.05) is 268 Å². The second-order valence-corrected chi connectivity index (χ2v) is 19.9. The average Bonchev–Trinajstić information content (AvgIpc) is 3.35. The molecule has 0 rings (SSSR count). The molecular weight excluding hydrogens is 853 g/mol. The molecule has 0 aromatic carbocycles. The van der Waals surface area contributed by atoms with E-state index in [0.717, 1.165) is 96.3 Å². The van der Waals surface area contributed by atoms with Crippen LogP contribution in [0.1, 0.15) is 303 Å². The van der Waals surface area contributed by atoms with Gasteiger partial charge in [-0.25, -0.2) is 0 Å². The first kappa shape index (κ1) is 66.1. The average molecular weight is 966 g/mol. The van der Waals surface area contributed by atoms with Crippen LogP contribution >= 0.6 is 0 Å². The highest BCUT2D eigenvalue weighted by molar-refractivity contribution is 5.71. The summed E-state index contributed by atoms with van der Waals surface area (Å²) in [4.78, 5) is 38.2. The number of unbranched alkanes of at least 4 members (excludes halogenated alkanes) is 34. The lowest BCUT2D eigenvalue weighted by atomic mass is 10.0. The van der Waals surface area contributed by atoms with Gasteiger partial charge in [-0.05, 0) is 77.0 Å².